The van der Waals surface area contributed by atoms with Gasteiger partial charge in [0, 0.05) is 17.5 Å². The highest BCUT2D eigenvalue weighted by Gasteiger charge is 2.27. The van der Waals surface area contributed by atoms with Gasteiger partial charge in [0.25, 0.3) is 0 Å². The molecule has 2 unspecified atom stereocenters. The zero-order chi connectivity index (χ0) is 12.3. The van der Waals surface area contributed by atoms with E-state index < -0.39 is 0 Å². The summed E-state index contributed by atoms with van der Waals surface area (Å²) in [7, 11) is 0. The van der Waals surface area contributed by atoms with Crippen LogP contribution in [0.4, 0.5) is 10.2 Å². The molecule has 0 bridgehead atoms. The van der Waals surface area contributed by atoms with Crippen LogP contribution in [-0.2, 0) is 0 Å². The minimum atomic E-state index is -0.371. The minimum absolute atomic E-state index is 0.322. The number of halogens is 2. The van der Waals surface area contributed by atoms with E-state index in [9.17, 15) is 4.39 Å². The fraction of sp³-hybridized carbons (Fsp3) is 0.583. The summed E-state index contributed by atoms with van der Waals surface area (Å²) < 4.78 is 13.6. The van der Waals surface area contributed by atoms with E-state index in [1.54, 1.807) is 0 Å². The van der Waals surface area contributed by atoms with Crippen molar-refractivity contribution in [2.75, 3.05) is 11.1 Å². The number of hydrogen-bond donors (Lipinski definition) is 1. The van der Waals surface area contributed by atoms with E-state index in [0.29, 0.717) is 22.1 Å². The molecule has 1 saturated carbocycles. The van der Waals surface area contributed by atoms with Gasteiger partial charge in [0.05, 0.1) is 5.02 Å². The summed E-state index contributed by atoms with van der Waals surface area (Å²) in [6.45, 7) is 2.15. The number of anilines is 1. The number of aromatic nitrogens is 1. The molecule has 5 heteroatoms. The SMILES string of the molecule is CCSC1CCCC1Nc1ncc(Cl)cc1F. The van der Waals surface area contributed by atoms with Gasteiger partial charge in [0.2, 0.25) is 0 Å². The highest BCUT2D eigenvalue weighted by atomic mass is 35.5. The molecule has 2 atom stereocenters. The van der Waals surface area contributed by atoms with Crippen molar-refractivity contribution in [2.45, 2.75) is 37.5 Å². The first kappa shape index (κ1) is 13.0. The predicted molar refractivity (Wildman–Crippen MR) is 72.4 cm³/mol. The van der Waals surface area contributed by atoms with Crippen LogP contribution in [0.2, 0.25) is 5.02 Å². The summed E-state index contributed by atoms with van der Waals surface area (Å²) in [6.07, 6.45) is 4.96. The second-order valence-corrected chi connectivity index (χ2v) is 6.11. The van der Waals surface area contributed by atoms with Crippen molar-refractivity contribution >= 4 is 29.2 Å². The largest absolute Gasteiger partial charge is 0.364 e. The second-order valence-electron chi connectivity index (χ2n) is 4.16. The predicted octanol–water partition coefficient (Wildman–Crippen LogP) is 3.96. The third-order valence-electron chi connectivity index (χ3n) is 2.96. The van der Waals surface area contributed by atoms with Gasteiger partial charge in [0.1, 0.15) is 0 Å². The van der Waals surface area contributed by atoms with Gasteiger partial charge in [-0.1, -0.05) is 24.9 Å². The van der Waals surface area contributed by atoms with Gasteiger partial charge in [-0.3, -0.25) is 0 Å². The van der Waals surface area contributed by atoms with E-state index in [1.165, 1.54) is 25.1 Å². The molecule has 0 spiro atoms. The molecule has 1 aliphatic carbocycles. The van der Waals surface area contributed by atoms with Crippen LogP contribution >= 0.6 is 23.4 Å². The molecule has 1 N–H and O–H groups in total. The van der Waals surface area contributed by atoms with E-state index in [-0.39, 0.29) is 5.82 Å². The van der Waals surface area contributed by atoms with Crippen LogP contribution in [0.5, 0.6) is 0 Å². The molecular formula is C12H16ClFN2S. The zero-order valence-corrected chi connectivity index (χ0v) is 11.3. The van der Waals surface area contributed by atoms with E-state index >= 15 is 0 Å². The number of pyridine rings is 1. The van der Waals surface area contributed by atoms with E-state index in [2.05, 4.69) is 17.2 Å². The van der Waals surface area contributed by atoms with Crippen LogP contribution in [0.25, 0.3) is 0 Å². The number of rotatable bonds is 4. The van der Waals surface area contributed by atoms with Crippen LogP contribution in [0, 0.1) is 5.82 Å². The number of hydrogen-bond acceptors (Lipinski definition) is 3. The molecule has 2 nitrogen and oxygen atoms in total. The van der Waals surface area contributed by atoms with Crippen molar-refractivity contribution in [1.82, 2.24) is 4.98 Å². The molecule has 0 radical (unpaired) electrons. The monoisotopic (exact) mass is 274 g/mol. The summed E-state index contributed by atoms with van der Waals surface area (Å²) in [4.78, 5) is 4.01. The first-order chi connectivity index (χ1) is 8.20. The van der Waals surface area contributed by atoms with Gasteiger partial charge in [-0.15, -0.1) is 0 Å². The van der Waals surface area contributed by atoms with E-state index in [0.717, 1.165) is 12.2 Å². The smallest absolute Gasteiger partial charge is 0.166 e. The molecule has 1 aliphatic rings. The molecule has 1 heterocycles. The Bertz CT molecular complexity index is 389. The first-order valence-corrected chi connectivity index (χ1v) is 7.32. The Morgan fingerprint density at radius 3 is 3.12 bits per heavy atom. The Labute approximate surface area is 110 Å². The third kappa shape index (κ3) is 3.26. The van der Waals surface area contributed by atoms with Crippen molar-refractivity contribution in [2.24, 2.45) is 0 Å². The Hall–Kier alpha value is -0.480. The summed E-state index contributed by atoms with van der Waals surface area (Å²) in [5.41, 5.74) is 0. The highest BCUT2D eigenvalue weighted by molar-refractivity contribution is 7.99. The average molecular weight is 275 g/mol. The Kier molecular flexibility index (Phi) is 4.51. The van der Waals surface area contributed by atoms with Crippen molar-refractivity contribution in [1.29, 1.82) is 0 Å². The van der Waals surface area contributed by atoms with Crippen LogP contribution in [0.3, 0.4) is 0 Å². The van der Waals surface area contributed by atoms with Gasteiger partial charge in [0.15, 0.2) is 11.6 Å². The van der Waals surface area contributed by atoms with Crippen molar-refractivity contribution in [3.63, 3.8) is 0 Å². The van der Waals surface area contributed by atoms with Crippen LogP contribution in [0.15, 0.2) is 12.3 Å². The average Bonchev–Trinajstić information content (AvgIpc) is 2.71. The first-order valence-electron chi connectivity index (χ1n) is 5.90. The molecule has 0 aliphatic heterocycles. The van der Waals surface area contributed by atoms with Crippen LogP contribution in [-0.4, -0.2) is 22.0 Å². The highest BCUT2D eigenvalue weighted by Crippen LogP contribution is 2.32. The number of nitrogens with zero attached hydrogens (tertiary/aromatic N) is 1. The number of nitrogens with one attached hydrogen (secondary N) is 1. The molecule has 1 fully saturated rings. The fourth-order valence-electron chi connectivity index (χ4n) is 2.20. The normalized spacial score (nSPS) is 23.9. The summed E-state index contributed by atoms with van der Waals surface area (Å²) in [6, 6.07) is 1.62. The van der Waals surface area contributed by atoms with Gasteiger partial charge in [-0.25, -0.2) is 9.37 Å². The fourth-order valence-corrected chi connectivity index (χ4v) is 3.54. The van der Waals surface area contributed by atoms with Crippen molar-refractivity contribution in [3.05, 3.63) is 23.1 Å². The van der Waals surface area contributed by atoms with Gasteiger partial charge in [-0.05, 0) is 24.7 Å². The molecule has 0 amide bonds. The van der Waals surface area contributed by atoms with Crippen molar-refractivity contribution in [3.8, 4) is 0 Å². The Morgan fingerprint density at radius 2 is 2.41 bits per heavy atom. The molecule has 0 aromatic carbocycles. The maximum absolute atomic E-state index is 13.6. The van der Waals surface area contributed by atoms with Crippen molar-refractivity contribution < 1.29 is 4.39 Å². The maximum Gasteiger partial charge on any atom is 0.166 e. The van der Waals surface area contributed by atoms with Gasteiger partial charge >= 0.3 is 0 Å². The lowest BCUT2D eigenvalue weighted by Gasteiger charge is -2.20. The molecule has 1 aromatic heterocycles. The summed E-state index contributed by atoms with van der Waals surface area (Å²) >= 11 is 7.61. The zero-order valence-electron chi connectivity index (χ0n) is 9.75. The maximum atomic E-state index is 13.6. The van der Waals surface area contributed by atoms with Crippen LogP contribution < -0.4 is 5.32 Å². The topological polar surface area (TPSA) is 24.9 Å². The molecule has 0 saturated heterocycles. The molecule has 2 rings (SSSR count). The van der Waals surface area contributed by atoms with E-state index in [1.807, 2.05) is 11.8 Å². The molecule has 17 heavy (non-hydrogen) atoms. The quantitative estimate of drug-likeness (QED) is 0.900. The molecular weight excluding hydrogens is 259 g/mol. The molecule has 1 aromatic rings. The second kappa shape index (κ2) is 5.91. The standard InChI is InChI=1S/C12H16ClFN2S/c1-2-17-11-5-3-4-10(11)16-12-9(14)6-8(13)7-15-12/h6-7,10-11H,2-5H2,1H3,(H,15,16). The lowest BCUT2D eigenvalue weighted by atomic mass is 10.2. The molecule has 94 valence electrons. The Balaban J connectivity index is 2.04. The lowest BCUT2D eigenvalue weighted by molar-refractivity contribution is 0.618. The Morgan fingerprint density at radius 1 is 1.59 bits per heavy atom. The van der Waals surface area contributed by atoms with Gasteiger partial charge in [-0.2, -0.15) is 11.8 Å². The minimum Gasteiger partial charge on any atom is -0.364 e. The summed E-state index contributed by atoms with van der Waals surface area (Å²) in [5.74, 6) is 1.05. The third-order valence-corrected chi connectivity index (χ3v) is 4.50. The van der Waals surface area contributed by atoms with E-state index in [4.69, 9.17) is 11.6 Å². The summed E-state index contributed by atoms with van der Waals surface area (Å²) in [5, 5.41) is 4.10. The van der Waals surface area contributed by atoms with Gasteiger partial charge < -0.3 is 5.32 Å². The van der Waals surface area contributed by atoms with Crippen LogP contribution in [0.1, 0.15) is 26.2 Å². The lowest BCUT2D eigenvalue weighted by Crippen LogP contribution is -2.27. The number of thioether (sulfide) groups is 1.